The van der Waals surface area contributed by atoms with Gasteiger partial charge in [-0.15, -0.1) is 15.0 Å². The third-order valence-corrected chi connectivity index (χ3v) is 22.0. The first-order valence-electron chi connectivity index (χ1n) is 35.7. The van der Waals surface area contributed by atoms with Crippen LogP contribution in [0.2, 0.25) is 0 Å². The third kappa shape index (κ3) is 20.0. The molecule has 0 atom stereocenters. The number of nitrogens with zero attached hydrogens (tertiary/aromatic N) is 5. The van der Waals surface area contributed by atoms with Crippen LogP contribution in [0.1, 0.15) is 171 Å². The lowest BCUT2D eigenvalue weighted by Gasteiger charge is -2.28. The first-order chi connectivity index (χ1) is 48.9. The van der Waals surface area contributed by atoms with E-state index in [1.165, 1.54) is 77.5 Å². The molecule has 14 heteroatoms. The van der Waals surface area contributed by atoms with Crippen LogP contribution in [0.3, 0.4) is 0 Å². The number of rotatable bonds is 19. The molecule has 0 bridgehead atoms. The number of ether oxygens (including phenoxy) is 3. The van der Waals surface area contributed by atoms with Crippen LogP contribution in [-0.2, 0) is 21.7 Å². The minimum Gasteiger partial charge on any atom is -0.494 e. The van der Waals surface area contributed by atoms with E-state index in [4.69, 9.17) is 34.4 Å². The molecule has 0 fully saturated rings. The van der Waals surface area contributed by atoms with Crippen LogP contribution in [0, 0.1) is 0 Å². The normalized spacial score (nSPS) is 11.9. The van der Waals surface area contributed by atoms with Crippen molar-refractivity contribution in [3.05, 3.63) is 231 Å². The van der Waals surface area contributed by atoms with Crippen LogP contribution in [0.5, 0.6) is 17.2 Å². The Bertz CT molecular complexity index is 4640. The van der Waals surface area contributed by atoms with Gasteiger partial charge in [-0.2, -0.15) is 0 Å². The summed E-state index contributed by atoms with van der Waals surface area (Å²) in [5.74, 6) is 2.56. The number of fused-ring (bicyclic) bond motifs is 3. The Morgan fingerprint density at radius 3 is 1.10 bits per heavy atom. The molecule has 0 aliphatic heterocycles. The molecule has 0 aliphatic carbocycles. The third-order valence-electron chi connectivity index (χ3n) is 18.5. The molecule has 9 aromatic carbocycles. The molecule has 0 aliphatic rings. The fraction of sp³-hybridized carbons (Fsp3) is 0.326. The van der Waals surface area contributed by atoms with E-state index in [-0.39, 0.29) is 21.7 Å². The zero-order chi connectivity index (χ0) is 74.1. The van der Waals surface area contributed by atoms with Gasteiger partial charge in [0.15, 0.2) is 0 Å². The van der Waals surface area contributed by atoms with Gasteiger partial charge in [0.1, 0.15) is 34.0 Å². The lowest BCUT2D eigenvalue weighted by atomic mass is 9.79. The van der Waals surface area contributed by atoms with Crippen molar-refractivity contribution in [1.29, 1.82) is 0 Å². The maximum absolute atomic E-state index is 5.86. The van der Waals surface area contributed by atoms with Crippen molar-refractivity contribution in [2.45, 2.75) is 170 Å². The standard InChI is InChI=1S/C50H42Br2N2.C21H25Br2N3O.C18H28Br2O2/c1-49(2,3)37-17-7-31(8-18-37)41-29-47(33-11-21-39(51)22-12-33)53-45-25-15-35(27-43(41)45)36-16-26-46-44(28-36)42(32-9-19-38(20-10-32)50(4,5)6)30-48(54-46)34-13-23-40(52)24-14-34;1-20(2,3)12-10-13(21(4,5)6)19(27-7)16(11-12)26-24-17-14(22)8-9-15(23)18(17)25-26;1-3-5-7-9-11-21-17-13-16(20)18(14-15(17)19)22-12-10-8-6-4-2/h7-30H,1-6H3;8-11H,1-7H3;13-14H,3-12H2,1-2H3. The largest absolute Gasteiger partial charge is 0.494 e. The topological polar surface area (TPSA) is 84.2 Å². The predicted octanol–water partition coefficient (Wildman–Crippen LogP) is 28.9. The van der Waals surface area contributed by atoms with Gasteiger partial charge in [0, 0.05) is 45.4 Å². The number of hydrogen-bond acceptors (Lipinski definition) is 7. The van der Waals surface area contributed by atoms with Gasteiger partial charge in [0.2, 0.25) is 0 Å². The Morgan fingerprint density at radius 2 is 0.738 bits per heavy atom. The quantitative estimate of drug-likeness (QED) is 0.0746. The monoisotopic (exact) mass is 1760 g/mol. The first-order valence-corrected chi connectivity index (χ1v) is 40.5. The maximum Gasteiger partial charge on any atom is 0.150 e. The fourth-order valence-electron chi connectivity index (χ4n) is 12.3. The summed E-state index contributed by atoms with van der Waals surface area (Å²) in [4.78, 5) is 12.1. The molecule has 12 aromatic rings. The number of hydrogen-bond donors (Lipinski definition) is 0. The smallest absolute Gasteiger partial charge is 0.150 e. The van der Waals surface area contributed by atoms with Crippen LogP contribution in [0.15, 0.2) is 209 Å². The number of halogens is 6. The zero-order valence-corrected chi connectivity index (χ0v) is 71.6. The maximum atomic E-state index is 5.86. The summed E-state index contributed by atoms with van der Waals surface area (Å²) in [6, 6.07) is 65.0. The molecule has 0 unspecified atom stereocenters. The number of methoxy groups -OCH3 is 1. The second-order valence-corrected chi connectivity index (χ2v) is 35.8. The summed E-state index contributed by atoms with van der Waals surface area (Å²) in [5, 5.41) is 11.7. The van der Waals surface area contributed by atoms with E-state index in [1.54, 1.807) is 11.9 Å². The first kappa shape index (κ1) is 79.1. The van der Waals surface area contributed by atoms with Gasteiger partial charge in [-0.05, 0) is 239 Å². The molecule has 0 saturated carbocycles. The number of unbranched alkanes of at least 4 members (excludes halogenated alkanes) is 6. The zero-order valence-electron chi connectivity index (χ0n) is 62.1. The van der Waals surface area contributed by atoms with E-state index >= 15 is 0 Å². The minimum atomic E-state index is -0.0743. The second kappa shape index (κ2) is 34.4. The van der Waals surface area contributed by atoms with Crippen LogP contribution in [0.4, 0.5) is 0 Å². The molecular weight excluding hydrogens is 1670 g/mol. The Balaban J connectivity index is 0.000000193. The molecule has 0 spiro atoms. The highest BCUT2D eigenvalue weighted by Crippen LogP contribution is 2.44. The minimum absolute atomic E-state index is 0.00519. The van der Waals surface area contributed by atoms with Gasteiger partial charge >= 0.3 is 0 Å². The van der Waals surface area contributed by atoms with E-state index in [0.29, 0.717) is 0 Å². The Kier molecular flexibility index (Phi) is 26.4. The van der Waals surface area contributed by atoms with Crippen LogP contribution in [-0.4, -0.2) is 45.3 Å². The van der Waals surface area contributed by atoms with Gasteiger partial charge in [0.25, 0.3) is 0 Å². The van der Waals surface area contributed by atoms with Gasteiger partial charge in [-0.1, -0.05) is 258 Å². The molecule has 536 valence electrons. The lowest BCUT2D eigenvalue weighted by Crippen LogP contribution is -2.19. The number of pyridine rings is 2. The summed E-state index contributed by atoms with van der Waals surface area (Å²) in [6.07, 6.45) is 9.72. The molecule has 103 heavy (non-hydrogen) atoms. The van der Waals surface area contributed by atoms with E-state index in [2.05, 4.69) is 350 Å². The van der Waals surface area contributed by atoms with Crippen molar-refractivity contribution in [3.8, 4) is 78.8 Å². The van der Waals surface area contributed by atoms with E-state index in [9.17, 15) is 0 Å². The summed E-state index contributed by atoms with van der Waals surface area (Å²) < 4.78 is 23.4. The number of aromatic nitrogens is 5. The van der Waals surface area contributed by atoms with Crippen LogP contribution >= 0.6 is 95.6 Å². The molecule has 0 radical (unpaired) electrons. The van der Waals surface area contributed by atoms with Gasteiger partial charge in [-0.25, -0.2) is 9.97 Å². The average Bonchev–Trinajstić information content (AvgIpc) is 1.75. The molecule has 0 N–H and O–H groups in total. The van der Waals surface area contributed by atoms with Crippen LogP contribution in [0.25, 0.3) is 94.4 Å². The molecule has 12 rings (SSSR count). The lowest BCUT2D eigenvalue weighted by molar-refractivity contribution is 0.294. The van der Waals surface area contributed by atoms with E-state index in [1.807, 2.05) is 24.3 Å². The molecule has 0 saturated heterocycles. The van der Waals surface area contributed by atoms with Crippen molar-refractivity contribution >= 4 is 128 Å². The van der Waals surface area contributed by atoms with Crippen molar-refractivity contribution in [3.63, 3.8) is 0 Å². The second-order valence-electron chi connectivity index (χ2n) is 30.6. The van der Waals surface area contributed by atoms with Gasteiger partial charge in [-0.3, -0.25) is 0 Å². The molecule has 3 aromatic heterocycles. The van der Waals surface area contributed by atoms with Crippen LogP contribution < -0.4 is 14.2 Å². The molecule has 0 amide bonds. The van der Waals surface area contributed by atoms with Gasteiger partial charge in [0.05, 0.1) is 51.7 Å². The highest BCUT2D eigenvalue weighted by atomic mass is 79.9. The fourth-order valence-corrected chi connectivity index (χ4v) is 14.5. The van der Waals surface area contributed by atoms with Crippen molar-refractivity contribution < 1.29 is 14.2 Å². The summed E-state index contributed by atoms with van der Waals surface area (Å²) in [6.45, 7) is 32.7. The SMILES string of the molecule is CC(C)(C)c1ccc(-c2cc(-c3ccc(Br)cc3)nc3ccc(-c4ccc5nc(-c6ccc(Br)cc6)cc(-c6ccc(C(C)(C)C)cc6)c5c4)cc23)cc1.CCCCCCOc1cc(Br)c(OCCCCCC)cc1Br.COc1c(-n2nc3c(Br)ccc(Br)c3n2)cc(C(C)(C)C)cc1C(C)(C)C. The summed E-state index contributed by atoms with van der Waals surface area (Å²) >= 11 is 21.5. The summed E-state index contributed by atoms with van der Waals surface area (Å²) in [7, 11) is 1.71. The molecule has 8 nitrogen and oxygen atoms in total. The van der Waals surface area contributed by atoms with E-state index < -0.39 is 0 Å². The highest BCUT2D eigenvalue weighted by molar-refractivity contribution is 9.11. The Morgan fingerprint density at radius 1 is 0.359 bits per heavy atom. The predicted molar refractivity (Wildman–Crippen MR) is 456 cm³/mol. The number of benzene rings is 9. The average molecular weight is 1760 g/mol. The highest BCUT2D eigenvalue weighted by Gasteiger charge is 2.28. The van der Waals surface area contributed by atoms with E-state index in [0.717, 1.165) is 148 Å². The Labute approximate surface area is 661 Å². The molecule has 3 heterocycles. The van der Waals surface area contributed by atoms with Gasteiger partial charge < -0.3 is 14.2 Å². The van der Waals surface area contributed by atoms with Crippen molar-refractivity contribution in [1.82, 2.24) is 25.0 Å². The Hall–Kier alpha value is -6.52. The molecular formula is C89H95Br6N5O3. The van der Waals surface area contributed by atoms with Crippen molar-refractivity contribution in [2.24, 2.45) is 0 Å². The van der Waals surface area contributed by atoms with Crippen molar-refractivity contribution in [2.75, 3.05) is 20.3 Å². The summed E-state index contributed by atoms with van der Waals surface area (Å²) in [5.41, 5.74) is 20.5.